The van der Waals surface area contributed by atoms with Gasteiger partial charge < -0.3 is 5.73 Å². The summed E-state index contributed by atoms with van der Waals surface area (Å²) in [5.41, 5.74) is 9.19. The van der Waals surface area contributed by atoms with Gasteiger partial charge in [0.2, 0.25) is 0 Å². The summed E-state index contributed by atoms with van der Waals surface area (Å²) in [6.45, 7) is 4.35. The Hall–Kier alpha value is -2.21. The number of nitrogens with two attached hydrogens (primary N) is 1. The zero-order valence-electron chi connectivity index (χ0n) is 12.4. The normalized spacial score (nSPS) is 16.8. The summed E-state index contributed by atoms with van der Waals surface area (Å²) in [5, 5.41) is 0.277. The second-order valence-electron chi connectivity index (χ2n) is 5.54. The van der Waals surface area contributed by atoms with Gasteiger partial charge in [0.15, 0.2) is 5.17 Å². The lowest BCUT2D eigenvalue weighted by molar-refractivity contribution is -0.113. The first kappa shape index (κ1) is 14.7. The second kappa shape index (κ2) is 5.88. The molecule has 3 heterocycles. The van der Waals surface area contributed by atoms with Crippen molar-refractivity contribution in [3.05, 3.63) is 40.6 Å². The molecule has 3 rings (SSSR count). The molecule has 0 atom stereocenters. The average molecular weight is 312 g/mol. The van der Waals surface area contributed by atoms with Crippen LogP contribution in [-0.4, -0.2) is 21.0 Å². The molecule has 2 aromatic heterocycles. The van der Waals surface area contributed by atoms with Crippen LogP contribution in [0.3, 0.4) is 0 Å². The highest BCUT2D eigenvalue weighted by Crippen LogP contribution is 2.26. The molecule has 0 bridgehead atoms. The third-order valence-corrected chi connectivity index (χ3v) is 4.05. The van der Waals surface area contributed by atoms with Crippen LogP contribution < -0.4 is 5.73 Å². The summed E-state index contributed by atoms with van der Waals surface area (Å²) in [6.07, 6.45) is 4.47. The average Bonchev–Trinajstić information content (AvgIpc) is 2.77. The minimum absolute atomic E-state index is 0.277. The zero-order valence-corrected chi connectivity index (χ0v) is 13.2. The molecule has 0 saturated carbocycles. The van der Waals surface area contributed by atoms with Crippen molar-refractivity contribution in [2.75, 3.05) is 0 Å². The Labute approximate surface area is 132 Å². The monoisotopic (exact) mass is 312 g/mol. The quantitative estimate of drug-likeness (QED) is 0.881. The maximum Gasteiger partial charge on any atom is 0.286 e. The third-order valence-electron chi connectivity index (χ3n) is 3.23. The summed E-state index contributed by atoms with van der Waals surface area (Å²) in [5.74, 6) is 0.229. The number of carbonyl (C=O) groups is 1. The molecule has 0 spiro atoms. The second-order valence-corrected chi connectivity index (χ2v) is 6.60. The van der Waals surface area contributed by atoms with Crippen molar-refractivity contribution in [3.63, 3.8) is 0 Å². The van der Waals surface area contributed by atoms with Crippen molar-refractivity contribution in [1.29, 1.82) is 0 Å². The number of fused-ring (bicyclic) bond motifs is 1. The lowest BCUT2D eigenvalue weighted by Crippen LogP contribution is -2.01. The van der Waals surface area contributed by atoms with Gasteiger partial charge in [-0.15, -0.1) is 0 Å². The topological polar surface area (TPSA) is 81.2 Å². The van der Waals surface area contributed by atoms with E-state index in [1.165, 1.54) is 17.3 Å². The van der Waals surface area contributed by atoms with Crippen LogP contribution in [-0.2, 0) is 11.2 Å². The van der Waals surface area contributed by atoms with E-state index in [4.69, 9.17) is 5.73 Å². The van der Waals surface area contributed by atoms with Gasteiger partial charge in [0.25, 0.3) is 5.91 Å². The molecule has 0 fully saturated rings. The van der Waals surface area contributed by atoms with E-state index >= 15 is 0 Å². The van der Waals surface area contributed by atoms with Crippen LogP contribution in [0.15, 0.2) is 34.3 Å². The third kappa shape index (κ3) is 3.01. The Balaban J connectivity index is 2.02. The fourth-order valence-corrected chi connectivity index (χ4v) is 3.01. The minimum Gasteiger partial charge on any atom is -0.378 e. The molecule has 0 aliphatic carbocycles. The number of aliphatic imine (C=N–C) groups is 1. The number of aromatic nitrogens is 2. The number of nitrogens with zero attached hydrogens (tertiary/aromatic N) is 3. The summed E-state index contributed by atoms with van der Waals surface area (Å²) in [4.78, 5) is 24.9. The number of amides is 1. The van der Waals surface area contributed by atoms with Gasteiger partial charge in [0, 0.05) is 6.20 Å². The van der Waals surface area contributed by atoms with Crippen LogP contribution in [0.1, 0.15) is 25.1 Å². The first-order chi connectivity index (χ1) is 10.5. The molecule has 0 unspecified atom stereocenters. The van der Waals surface area contributed by atoms with Gasteiger partial charge in [-0.05, 0) is 53.9 Å². The number of hydrogen-bond acceptors (Lipinski definition) is 5. The Morgan fingerprint density at radius 2 is 2.14 bits per heavy atom. The van der Waals surface area contributed by atoms with Crippen LogP contribution in [0.4, 0.5) is 0 Å². The summed E-state index contributed by atoms with van der Waals surface area (Å²) in [7, 11) is 0. The first-order valence-corrected chi connectivity index (χ1v) is 7.87. The number of rotatable bonds is 3. The summed E-state index contributed by atoms with van der Waals surface area (Å²) in [6, 6.07) is 5.78. The highest BCUT2D eigenvalue weighted by atomic mass is 32.2. The number of amidine groups is 1. The van der Waals surface area contributed by atoms with E-state index in [-0.39, 0.29) is 11.1 Å². The number of pyridine rings is 2. The smallest absolute Gasteiger partial charge is 0.286 e. The lowest BCUT2D eigenvalue weighted by atomic mass is 10.0. The van der Waals surface area contributed by atoms with Crippen LogP contribution in [0.2, 0.25) is 0 Å². The highest BCUT2D eigenvalue weighted by molar-refractivity contribution is 8.18. The van der Waals surface area contributed by atoms with Crippen molar-refractivity contribution in [3.8, 4) is 0 Å². The van der Waals surface area contributed by atoms with Gasteiger partial charge in [0.05, 0.1) is 21.6 Å². The van der Waals surface area contributed by atoms with Gasteiger partial charge >= 0.3 is 0 Å². The van der Waals surface area contributed by atoms with Gasteiger partial charge in [-0.1, -0.05) is 13.8 Å². The number of hydrogen-bond donors (Lipinski definition) is 1. The van der Waals surface area contributed by atoms with Crippen LogP contribution >= 0.6 is 11.8 Å². The van der Waals surface area contributed by atoms with E-state index in [1.54, 1.807) is 6.08 Å². The van der Waals surface area contributed by atoms with Crippen molar-refractivity contribution in [2.24, 2.45) is 16.6 Å². The van der Waals surface area contributed by atoms with Crippen LogP contribution in [0, 0.1) is 5.92 Å². The maximum atomic E-state index is 11.7. The molecule has 1 aliphatic heterocycles. The zero-order chi connectivity index (χ0) is 15.7. The van der Waals surface area contributed by atoms with Gasteiger partial charge in [-0.3, -0.25) is 9.78 Å². The molecular formula is C16H16N4OS. The molecule has 0 radical (unpaired) electrons. The highest BCUT2D eigenvalue weighted by Gasteiger charge is 2.19. The molecule has 2 N–H and O–H groups in total. The van der Waals surface area contributed by atoms with Gasteiger partial charge in [0.1, 0.15) is 0 Å². The first-order valence-electron chi connectivity index (χ1n) is 7.05. The van der Waals surface area contributed by atoms with E-state index < -0.39 is 0 Å². The van der Waals surface area contributed by atoms with Gasteiger partial charge in [-0.2, -0.15) is 4.99 Å². The fourth-order valence-electron chi connectivity index (χ4n) is 2.34. The predicted octanol–water partition coefficient (Wildman–Crippen LogP) is 2.76. The molecule has 22 heavy (non-hydrogen) atoms. The van der Waals surface area contributed by atoms with Crippen LogP contribution in [0.25, 0.3) is 17.1 Å². The summed E-state index contributed by atoms with van der Waals surface area (Å²) < 4.78 is 0. The van der Waals surface area contributed by atoms with Crippen molar-refractivity contribution in [2.45, 2.75) is 20.3 Å². The van der Waals surface area contributed by atoms with E-state index in [0.29, 0.717) is 16.5 Å². The molecule has 0 aromatic carbocycles. The Morgan fingerprint density at radius 3 is 2.82 bits per heavy atom. The number of thioether (sulfide) groups is 1. The van der Waals surface area contributed by atoms with Crippen LogP contribution in [0.5, 0.6) is 0 Å². The number of carbonyl (C=O) groups excluding carboxylic acids is 1. The van der Waals surface area contributed by atoms with E-state index in [9.17, 15) is 4.79 Å². The molecule has 1 amide bonds. The molecule has 5 nitrogen and oxygen atoms in total. The molecule has 0 saturated heterocycles. The summed E-state index contributed by atoms with van der Waals surface area (Å²) >= 11 is 1.17. The Bertz CT molecular complexity index is 811. The largest absolute Gasteiger partial charge is 0.378 e. The van der Waals surface area contributed by atoms with Crippen molar-refractivity contribution >= 4 is 39.9 Å². The lowest BCUT2D eigenvalue weighted by Gasteiger charge is -2.08. The minimum atomic E-state index is -0.307. The SMILES string of the molecule is CC(C)Cc1ccnc2ccc(/C=C3\SC(N)=NC3=O)nc12. The molecular weight excluding hydrogens is 296 g/mol. The van der Waals surface area contributed by atoms with Crippen molar-refractivity contribution < 1.29 is 4.79 Å². The van der Waals surface area contributed by atoms with E-state index in [0.717, 1.165) is 17.5 Å². The molecule has 2 aromatic rings. The van der Waals surface area contributed by atoms with E-state index in [1.807, 2.05) is 24.4 Å². The molecule has 112 valence electrons. The van der Waals surface area contributed by atoms with Crippen molar-refractivity contribution in [1.82, 2.24) is 9.97 Å². The van der Waals surface area contributed by atoms with Gasteiger partial charge in [-0.25, -0.2) is 4.98 Å². The standard InChI is InChI=1S/C16H16N4OS/c1-9(2)7-10-5-6-18-12-4-3-11(19-14(10)12)8-13-15(21)20-16(17)22-13/h3-6,8-9H,7H2,1-2H3,(H2,17,20,21)/b13-8-. The Morgan fingerprint density at radius 1 is 1.32 bits per heavy atom. The fraction of sp³-hybridized carbons (Fsp3) is 0.250. The van der Waals surface area contributed by atoms with E-state index in [2.05, 4.69) is 28.8 Å². The molecule has 6 heteroatoms. The predicted molar refractivity (Wildman–Crippen MR) is 90.3 cm³/mol. The Kier molecular flexibility index (Phi) is 3.94. The maximum absolute atomic E-state index is 11.7. The molecule has 1 aliphatic rings.